The fraction of sp³-hybridized carbons (Fsp3) is 0.789. The van der Waals surface area contributed by atoms with Crippen LogP contribution in [-0.4, -0.2) is 25.2 Å². The molecule has 132 valence electrons. The smallest absolute Gasteiger partial charge is 0.320 e. The molecule has 1 aliphatic carbocycles. The fourth-order valence-corrected chi connectivity index (χ4v) is 2.84. The normalized spacial score (nSPS) is 15.8. The Morgan fingerprint density at radius 2 is 1.61 bits per heavy atom. The van der Waals surface area contributed by atoms with E-state index >= 15 is 0 Å². The molecule has 1 fully saturated rings. The highest BCUT2D eigenvalue weighted by molar-refractivity contribution is 5.95. The van der Waals surface area contributed by atoms with Crippen molar-refractivity contribution < 1.29 is 19.1 Å². The van der Waals surface area contributed by atoms with Gasteiger partial charge >= 0.3 is 11.9 Å². The standard InChI is InChI=1S/C19H32O4/c1-4-7-8-9-10-11-12-16(15-13-14-15)17(18(20)22-5-2)19(21)23-6-3/h11-12,15-17H,4-10,13-14H2,1-3H3/b12-11+. The molecular formula is C19H32O4. The first-order chi connectivity index (χ1) is 11.2. The summed E-state index contributed by atoms with van der Waals surface area (Å²) in [6, 6.07) is 0. The highest BCUT2D eigenvalue weighted by Gasteiger charge is 2.43. The Labute approximate surface area is 140 Å². The second-order valence-electron chi connectivity index (χ2n) is 6.17. The summed E-state index contributed by atoms with van der Waals surface area (Å²) >= 11 is 0. The Balaban J connectivity index is 2.69. The van der Waals surface area contributed by atoms with E-state index in [-0.39, 0.29) is 19.1 Å². The van der Waals surface area contributed by atoms with Crippen molar-refractivity contribution in [3.63, 3.8) is 0 Å². The van der Waals surface area contributed by atoms with Gasteiger partial charge in [0.2, 0.25) is 0 Å². The summed E-state index contributed by atoms with van der Waals surface area (Å²) in [6.45, 7) is 6.29. The molecule has 0 amide bonds. The van der Waals surface area contributed by atoms with Crippen LogP contribution in [0.1, 0.15) is 65.7 Å². The van der Waals surface area contributed by atoms with E-state index in [1.165, 1.54) is 19.3 Å². The highest BCUT2D eigenvalue weighted by atomic mass is 16.6. The maximum atomic E-state index is 12.3. The van der Waals surface area contributed by atoms with E-state index in [1.54, 1.807) is 13.8 Å². The Kier molecular flexibility index (Phi) is 9.65. The minimum atomic E-state index is -0.811. The summed E-state index contributed by atoms with van der Waals surface area (Å²) in [5, 5.41) is 0. The van der Waals surface area contributed by atoms with Crippen molar-refractivity contribution in [3.05, 3.63) is 12.2 Å². The lowest BCUT2D eigenvalue weighted by molar-refractivity contribution is -0.163. The van der Waals surface area contributed by atoms with Crippen LogP contribution in [0.2, 0.25) is 0 Å². The van der Waals surface area contributed by atoms with E-state index in [0.29, 0.717) is 5.92 Å². The van der Waals surface area contributed by atoms with Crippen molar-refractivity contribution in [2.24, 2.45) is 17.8 Å². The van der Waals surface area contributed by atoms with Gasteiger partial charge in [0, 0.05) is 5.92 Å². The zero-order chi connectivity index (χ0) is 17.1. The van der Waals surface area contributed by atoms with E-state index in [1.807, 2.05) is 0 Å². The topological polar surface area (TPSA) is 52.6 Å². The summed E-state index contributed by atoms with van der Waals surface area (Å²) in [4.78, 5) is 24.5. The number of carbonyl (C=O) groups is 2. The van der Waals surface area contributed by atoms with Crippen LogP contribution in [0.25, 0.3) is 0 Å². The monoisotopic (exact) mass is 324 g/mol. The molecule has 0 aromatic heterocycles. The second kappa shape index (κ2) is 11.3. The van der Waals surface area contributed by atoms with E-state index in [9.17, 15) is 9.59 Å². The number of rotatable bonds is 12. The third kappa shape index (κ3) is 7.19. The van der Waals surface area contributed by atoms with E-state index in [0.717, 1.165) is 25.7 Å². The van der Waals surface area contributed by atoms with Crippen molar-refractivity contribution >= 4 is 11.9 Å². The fourth-order valence-electron chi connectivity index (χ4n) is 2.84. The summed E-state index contributed by atoms with van der Waals surface area (Å²) in [6.07, 6.45) is 12.2. The molecule has 0 bridgehead atoms. The first kappa shape index (κ1) is 19.7. The quantitative estimate of drug-likeness (QED) is 0.233. The number of allylic oxidation sites excluding steroid dienone is 2. The van der Waals surface area contributed by atoms with Crippen LogP contribution in [0.5, 0.6) is 0 Å². The lowest BCUT2D eigenvalue weighted by Crippen LogP contribution is -2.34. The Hall–Kier alpha value is -1.32. The number of hydrogen-bond acceptors (Lipinski definition) is 4. The van der Waals surface area contributed by atoms with E-state index < -0.39 is 17.9 Å². The Morgan fingerprint density at radius 3 is 2.09 bits per heavy atom. The van der Waals surface area contributed by atoms with Gasteiger partial charge in [-0.25, -0.2) is 0 Å². The number of ether oxygens (including phenoxy) is 2. The van der Waals surface area contributed by atoms with Crippen molar-refractivity contribution in [1.29, 1.82) is 0 Å². The van der Waals surface area contributed by atoms with Crippen LogP contribution >= 0.6 is 0 Å². The van der Waals surface area contributed by atoms with Crippen LogP contribution in [0.3, 0.4) is 0 Å². The molecule has 0 spiro atoms. The minimum absolute atomic E-state index is 0.0840. The second-order valence-corrected chi connectivity index (χ2v) is 6.17. The zero-order valence-electron chi connectivity index (χ0n) is 14.9. The molecule has 1 saturated carbocycles. The lowest BCUT2D eigenvalue weighted by atomic mass is 9.87. The van der Waals surface area contributed by atoms with Crippen LogP contribution in [0.4, 0.5) is 0 Å². The molecule has 1 unspecified atom stereocenters. The van der Waals surface area contributed by atoms with Crippen LogP contribution < -0.4 is 0 Å². The van der Waals surface area contributed by atoms with Gasteiger partial charge in [-0.15, -0.1) is 0 Å². The largest absolute Gasteiger partial charge is 0.465 e. The van der Waals surface area contributed by atoms with Crippen LogP contribution in [0, 0.1) is 17.8 Å². The number of unbranched alkanes of at least 4 members (excludes halogenated alkanes) is 4. The molecule has 1 atom stereocenters. The third-order valence-electron chi connectivity index (χ3n) is 4.21. The SMILES string of the molecule is CCCCCC/C=C/C(C1CC1)C(C(=O)OCC)C(=O)OCC. The molecule has 4 heteroatoms. The lowest BCUT2D eigenvalue weighted by Gasteiger charge is -2.21. The van der Waals surface area contributed by atoms with Crippen molar-refractivity contribution in [2.75, 3.05) is 13.2 Å². The van der Waals surface area contributed by atoms with Gasteiger partial charge in [0.15, 0.2) is 5.92 Å². The van der Waals surface area contributed by atoms with Gasteiger partial charge in [0.1, 0.15) is 0 Å². The first-order valence-electron chi connectivity index (χ1n) is 9.15. The van der Waals surface area contributed by atoms with Crippen LogP contribution in [-0.2, 0) is 19.1 Å². The average Bonchev–Trinajstić information content (AvgIpc) is 3.34. The summed E-state index contributed by atoms with van der Waals surface area (Å²) < 4.78 is 10.2. The minimum Gasteiger partial charge on any atom is -0.465 e. The molecule has 0 heterocycles. The van der Waals surface area contributed by atoms with Gasteiger partial charge in [-0.05, 0) is 45.4 Å². The predicted octanol–water partition coefficient (Wildman–Crippen LogP) is 4.28. The van der Waals surface area contributed by atoms with Crippen molar-refractivity contribution in [3.8, 4) is 0 Å². The third-order valence-corrected chi connectivity index (χ3v) is 4.21. The van der Waals surface area contributed by atoms with Crippen molar-refractivity contribution in [2.45, 2.75) is 65.7 Å². The molecule has 0 N–H and O–H groups in total. The van der Waals surface area contributed by atoms with Gasteiger partial charge < -0.3 is 9.47 Å². The molecule has 0 aliphatic heterocycles. The van der Waals surface area contributed by atoms with Gasteiger partial charge in [-0.1, -0.05) is 38.3 Å². The summed E-state index contributed by atoms with van der Waals surface area (Å²) in [5.41, 5.74) is 0. The molecule has 4 nitrogen and oxygen atoms in total. The van der Waals surface area contributed by atoms with Gasteiger partial charge in [-0.2, -0.15) is 0 Å². The number of esters is 2. The zero-order valence-corrected chi connectivity index (χ0v) is 14.9. The van der Waals surface area contributed by atoms with Gasteiger partial charge in [0.25, 0.3) is 0 Å². The first-order valence-corrected chi connectivity index (χ1v) is 9.15. The molecule has 0 saturated heterocycles. The molecular weight excluding hydrogens is 292 g/mol. The molecule has 0 aromatic rings. The average molecular weight is 324 g/mol. The Morgan fingerprint density at radius 1 is 1.00 bits per heavy atom. The molecule has 0 radical (unpaired) electrons. The molecule has 23 heavy (non-hydrogen) atoms. The van der Waals surface area contributed by atoms with Gasteiger partial charge in [-0.3, -0.25) is 9.59 Å². The van der Waals surface area contributed by atoms with E-state index in [4.69, 9.17) is 9.47 Å². The number of carbonyl (C=O) groups excluding carboxylic acids is 2. The van der Waals surface area contributed by atoms with E-state index in [2.05, 4.69) is 19.1 Å². The summed E-state index contributed by atoms with van der Waals surface area (Å²) in [5.74, 6) is -1.38. The number of hydrogen-bond donors (Lipinski definition) is 0. The van der Waals surface area contributed by atoms with Crippen LogP contribution in [0.15, 0.2) is 12.2 Å². The predicted molar refractivity (Wildman–Crippen MR) is 90.9 cm³/mol. The molecule has 0 aromatic carbocycles. The van der Waals surface area contributed by atoms with Gasteiger partial charge in [0.05, 0.1) is 13.2 Å². The maximum absolute atomic E-state index is 12.3. The molecule has 1 aliphatic rings. The summed E-state index contributed by atoms with van der Waals surface area (Å²) in [7, 11) is 0. The molecule has 1 rings (SSSR count). The highest BCUT2D eigenvalue weighted by Crippen LogP contribution is 2.42. The Bertz CT molecular complexity index is 367. The van der Waals surface area contributed by atoms with Crippen molar-refractivity contribution in [1.82, 2.24) is 0 Å². The maximum Gasteiger partial charge on any atom is 0.320 e.